The van der Waals surface area contributed by atoms with Crippen LogP contribution >= 0.6 is 0 Å². The Morgan fingerprint density at radius 3 is 0.208 bits per heavy atom. The Labute approximate surface area is 313 Å². The van der Waals surface area contributed by atoms with Gasteiger partial charge in [-0.1, -0.05) is 314 Å². The highest BCUT2D eigenvalue weighted by Gasteiger charge is 1.86. The van der Waals surface area contributed by atoms with Crippen molar-refractivity contribution in [3.8, 4) is 0 Å². The summed E-state index contributed by atoms with van der Waals surface area (Å²) >= 11 is 0. The van der Waals surface area contributed by atoms with Crippen LogP contribution in [0.3, 0.4) is 0 Å². The first-order valence-electron chi connectivity index (χ1n) is 23.5. The van der Waals surface area contributed by atoms with Gasteiger partial charge in [-0.05, 0) is 0 Å². The summed E-state index contributed by atoms with van der Waals surface area (Å²) in [5.41, 5.74) is 0. The molecule has 0 radical (unpaired) electrons. The molecule has 0 aliphatic carbocycles. The summed E-state index contributed by atoms with van der Waals surface area (Å²) in [5.74, 6) is 0. The van der Waals surface area contributed by atoms with E-state index >= 15 is 0 Å². The van der Waals surface area contributed by atoms with Gasteiger partial charge in [-0.15, -0.1) is 0 Å². The molecular weight excluding hydrogens is 577 g/mol. The molecule has 0 spiro atoms. The number of hydrogen-bond acceptors (Lipinski definition) is 0. The van der Waals surface area contributed by atoms with E-state index in [1.807, 2.05) is 0 Å². The summed E-state index contributed by atoms with van der Waals surface area (Å²) < 4.78 is 0. The second-order valence-electron chi connectivity index (χ2n) is 14.5. The lowest BCUT2D eigenvalue weighted by Crippen LogP contribution is -1.73. The first-order valence-corrected chi connectivity index (χ1v) is 23.5. The van der Waals surface area contributed by atoms with Crippen LogP contribution in [0.1, 0.15) is 314 Å². The van der Waals surface area contributed by atoms with Gasteiger partial charge in [0.25, 0.3) is 0 Å². The summed E-state index contributed by atoms with van der Waals surface area (Å²) in [6.45, 7) is 27.1. The molecule has 0 saturated heterocycles. The summed E-state index contributed by atoms with van der Waals surface area (Å²) in [7, 11) is 0. The first-order chi connectivity index (χ1) is 23.5. The minimum absolute atomic E-state index is 1.36. The lowest BCUT2D eigenvalue weighted by Gasteiger charge is -1.93. The summed E-state index contributed by atoms with van der Waals surface area (Å²) in [6.07, 6.45) is 50.9. The van der Waals surface area contributed by atoms with Crippen molar-refractivity contribution in [1.29, 1.82) is 0 Å². The smallest absolute Gasteiger partial charge is 0.0533 e. The minimum Gasteiger partial charge on any atom is -0.0654 e. The van der Waals surface area contributed by atoms with E-state index in [9.17, 15) is 0 Å². The van der Waals surface area contributed by atoms with E-state index in [0.717, 1.165) is 0 Å². The molecule has 0 heterocycles. The molecule has 0 unspecified atom stereocenters. The Morgan fingerprint density at radius 2 is 0.167 bits per heavy atom. The summed E-state index contributed by atoms with van der Waals surface area (Å²) in [4.78, 5) is 0. The molecule has 0 aliphatic heterocycles. The van der Waals surface area contributed by atoms with Gasteiger partial charge in [-0.2, -0.15) is 0 Å². The van der Waals surface area contributed by atoms with Crippen LogP contribution < -0.4 is 0 Å². The van der Waals surface area contributed by atoms with Crippen molar-refractivity contribution in [1.82, 2.24) is 0 Å². The van der Waals surface area contributed by atoms with Crippen LogP contribution in [0.25, 0.3) is 0 Å². The van der Waals surface area contributed by atoms with E-state index < -0.39 is 0 Å². The van der Waals surface area contributed by atoms with E-state index in [1.165, 1.54) is 231 Å². The Kier molecular flexibility index (Phi) is 96.1. The van der Waals surface area contributed by atoms with Crippen LogP contribution in [0.5, 0.6) is 0 Å². The van der Waals surface area contributed by atoms with Crippen molar-refractivity contribution >= 4 is 0 Å². The summed E-state index contributed by atoms with van der Waals surface area (Å²) in [6, 6.07) is 0. The average molecular weight is 685 g/mol. The third-order valence-electron chi connectivity index (χ3n) is 8.74. The highest BCUT2D eigenvalue weighted by molar-refractivity contribution is 4.42. The maximum atomic E-state index is 2.26. The van der Waals surface area contributed by atoms with Gasteiger partial charge in [0.05, 0.1) is 0 Å². The Balaban J connectivity index is -0.000000110. The van der Waals surface area contributed by atoms with Crippen molar-refractivity contribution in [3.05, 3.63) is 0 Å². The third-order valence-corrected chi connectivity index (χ3v) is 8.74. The number of unbranched alkanes of at least 4 members (excludes halogenated alkanes) is 30. The van der Waals surface area contributed by atoms with Crippen LogP contribution in [0.2, 0.25) is 0 Å². The molecule has 0 atom stereocenters. The minimum atomic E-state index is 1.36. The van der Waals surface area contributed by atoms with Gasteiger partial charge in [0.15, 0.2) is 0 Å². The molecule has 300 valence electrons. The highest BCUT2D eigenvalue weighted by Crippen LogP contribution is 2.06. The quantitative estimate of drug-likeness (QED) is 0.0661. The molecule has 0 fully saturated rings. The van der Waals surface area contributed by atoms with Crippen molar-refractivity contribution < 1.29 is 0 Å². The first kappa shape index (κ1) is 60.1. The van der Waals surface area contributed by atoms with Crippen LogP contribution in [0.15, 0.2) is 0 Å². The second-order valence-corrected chi connectivity index (χ2v) is 14.5. The zero-order chi connectivity index (χ0) is 37.5. The average Bonchev–Trinajstić information content (AvgIpc) is 3.11. The topological polar surface area (TPSA) is 0 Å². The molecule has 48 heavy (non-hydrogen) atoms. The largest absolute Gasteiger partial charge is 0.0654 e. The highest BCUT2D eigenvalue weighted by atomic mass is 13.9. The van der Waals surface area contributed by atoms with Gasteiger partial charge < -0.3 is 0 Å². The van der Waals surface area contributed by atoms with E-state index in [4.69, 9.17) is 0 Å². The lowest BCUT2D eigenvalue weighted by molar-refractivity contribution is 0.624. The van der Waals surface area contributed by atoms with Crippen LogP contribution in [-0.2, 0) is 0 Å². The maximum Gasteiger partial charge on any atom is -0.0533 e. The Hall–Kier alpha value is 0. The molecule has 0 rings (SSSR count). The Morgan fingerprint density at radius 1 is 0.104 bits per heavy atom. The van der Waals surface area contributed by atoms with E-state index in [0.29, 0.717) is 0 Å². The zero-order valence-corrected chi connectivity index (χ0v) is 37.5. The third kappa shape index (κ3) is 104. The zero-order valence-electron chi connectivity index (χ0n) is 37.5. The van der Waals surface area contributed by atoms with Gasteiger partial charge in [-0.3, -0.25) is 0 Å². The van der Waals surface area contributed by atoms with Gasteiger partial charge in [0.1, 0.15) is 0 Å². The predicted molar refractivity (Wildman–Crippen MR) is 234 cm³/mol. The molecule has 0 aromatic rings. The lowest BCUT2D eigenvalue weighted by atomic mass is 10.1. The standard InChI is InChI=1S/6C8H18/c6*1-3-5-7-8-6-4-2/h6*3-8H2,1-2H3. The Bertz CT molecular complexity index is 243. The summed E-state index contributed by atoms with van der Waals surface area (Å²) in [5, 5.41) is 0. The molecular formula is C48H108. The van der Waals surface area contributed by atoms with Crippen LogP contribution in [0, 0.1) is 0 Å². The molecule has 0 amide bonds. The SMILES string of the molecule is CCCCCCCC.CCCCCCCC.CCCCCCCC.CCCCCCCC.CCCCCCCC.CCCCCCCC. The molecule has 0 bridgehead atoms. The second kappa shape index (κ2) is 76.7. The van der Waals surface area contributed by atoms with Gasteiger partial charge >= 0.3 is 0 Å². The fraction of sp³-hybridized carbons (Fsp3) is 1.00. The van der Waals surface area contributed by atoms with Crippen molar-refractivity contribution in [2.24, 2.45) is 0 Å². The fourth-order valence-electron chi connectivity index (χ4n) is 5.12. The van der Waals surface area contributed by atoms with E-state index in [-0.39, 0.29) is 0 Å². The number of hydrogen-bond donors (Lipinski definition) is 0. The van der Waals surface area contributed by atoms with Crippen molar-refractivity contribution in [2.75, 3.05) is 0 Å². The molecule has 0 N–H and O–H groups in total. The molecule has 0 heteroatoms. The van der Waals surface area contributed by atoms with Crippen molar-refractivity contribution in [2.45, 2.75) is 314 Å². The van der Waals surface area contributed by atoms with E-state index in [2.05, 4.69) is 83.1 Å². The van der Waals surface area contributed by atoms with Gasteiger partial charge in [0, 0.05) is 0 Å². The molecule has 0 aromatic heterocycles. The van der Waals surface area contributed by atoms with E-state index in [1.54, 1.807) is 0 Å². The van der Waals surface area contributed by atoms with Crippen molar-refractivity contribution in [3.63, 3.8) is 0 Å². The van der Waals surface area contributed by atoms with Gasteiger partial charge in [0.2, 0.25) is 0 Å². The molecule has 0 aliphatic rings. The number of rotatable bonds is 30. The van der Waals surface area contributed by atoms with Gasteiger partial charge in [-0.25, -0.2) is 0 Å². The van der Waals surface area contributed by atoms with Crippen LogP contribution in [0.4, 0.5) is 0 Å². The normalized spacial score (nSPS) is 9.75. The van der Waals surface area contributed by atoms with Crippen LogP contribution in [-0.4, -0.2) is 0 Å². The monoisotopic (exact) mass is 685 g/mol. The molecule has 0 aromatic carbocycles. The predicted octanol–water partition coefficient (Wildman–Crippen LogP) is 20.2. The maximum absolute atomic E-state index is 2.26. The molecule has 0 nitrogen and oxygen atoms in total. The molecule has 0 saturated carbocycles. The fourth-order valence-corrected chi connectivity index (χ4v) is 5.12.